The Hall–Kier alpha value is 0.180. The molecule has 2 atom stereocenters. The number of rotatable bonds is 5. The van der Waals surface area contributed by atoms with Gasteiger partial charge in [0, 0.05) is 0 Å². The van der Waals surface area contributed by atoms with Crippen molar-refractivity contribution in [2.45, 2.75) is 0 Å². The van der Waals surface area contributed by atoms with Crippen LogP contribution in [0.4, 0.5) is 0 Å². The molecule has 0 heterocycles. The molecule has 0 nitrogen and oxygen atoms in total. The van der Waals surface area contributed by atoms with Gasteiger partial charge < -0.3 is 0 Å². The van der Waals surface area contributed by atoms with Crippen LogP contribution in [0.15, 0.2) is 25.3 Å². The zero-order valence-corrected chi connectivity index (χ0v) is 7.82. The van der Waals surface area contributed by atoms with Crippen molar-refractivity contribution >= 4 is 25.3 Å². The van der Waals surface area contributed by atoms with E-state index in [1.807, 2.05) is 12.2 Å². The molecule has 0 aromatic carbocycles. The zero-order valence-electron chi connectivity index (χ0n) is 6.03. The van der Waals surface area contributed by atoms with Crippen molar-refractivity contribution in [3.63, 3.8) is 0 Å². The lowest BCUT2D eigenvalue weighted by atomic mass is 9.96. The molecule has 0 amide bonds. The Kier molecular flexibility index (Phi) is 6.03. The lowest BCUT2D eigenvalue weighted by Gasteiger charge is -2.16. The molecule has 0 fully saturated rings. The first-order chi connectivity index (χ1) is 4.79. The second-order valence-electron chi connectivity index (χ2n) is 2.16. The van der Waals surface area contributed by atoms with Gasteiger partial charge in [0.05, 0.1) is 0 Å². The summed E-state index contributed by atoms with van der Waals surface area (Å²) < 4.78 is 0. The summed E-state index contributed by atoms with van der Waals surface area (Å²) in [6.45, 7) is 7.44. The molecule has 0 aliphatic carbocycles. The lowest BCUT2D eigenvalue weighted by molar-refractivity contribution is 0.580. The van der Waals surface area contributed by atoms with Crippen molar-refractivity contribution in [1.82, 2.24) is 0 Å². The number of hydrogen-bond donors (Lipinski definition) is 2. The first kappa shape index (κ1) is 10.2. The van der Waals surface area contributed by atoms with Crippen LogP contribution in [0.25, 0.3) is 0 Å². The summed E-state index contributed by atoms with van der Waals surface area (Å²) in [6, 6.07) is 0. The maximum Gasteiger partial charge on any atom is -0.00290 e. The number of hydrogen-bond acceptors (Lipinski definition) is 2. The molecule has 0 unspecified atom stereocenters. The van der Waals surface area contributed by atoms with Gasteiger partial charge in [-0.2, -0.15) is 25.3 Å². The first-order valence-electron chi connectivity index (χ1n) is 3.27. The predicted octanol–water partition coefficient (Wildman–Crippen LogP) is 2.45. The quantitative estimate of drug-likeness (QED) is 0.464. The molecule has 2 heteroatoms. The minimum atomic E-state index is 0.415. The maximum absolute atomic E-state index is 4.19. The first-order valence-corrected chi connectivity index (χ1v) is 4.53. The summed E-state index contributed by atoms with van der Waals surface area (Å²) in [5, 5.41) is 0. The van der Waals surface area contributed by atoms with Gasteiger partial charge in [0.15, 0.2) is 0 Å². The van der Waals surface area contributed by atoms with Crippen molar-refractivity contribution < 1.29 is 0 Å². The van der Waals surface area contributed by atoms with E-state index in [0.717, 1.165) is 11.5 Å². The Bertz CT molecular complexity index is 95.8. The molecule has 58 valence electrons. The minimum absolute atomic E-state index is 0.415. The molecule has 0 N–H and O–H groups in total. The molecule has 0 saturated carbocycles. The van der Waals surface area contributed by atoms with Crippen molar-refractivity contribution in [2.75, 3.05) is 11.5 Å². The van der Waals surface area contributed by atoms with Gasteiger partial charge in [-0.25, -0.2) is 0 Å². The van der Waals surface area contributed by atoms with E-state index >= 15 is 0 Å². The van der Waals surface area contributed by atoms with Crippen LogP contribution in [0.5, 0.6) is 0 Å². The molecule has 0 radical (unpaired) electrons. The molecule has 0 aliphatic rings. The Morgan fingerprint density at radius 2 is 1.30 bits per heavy atom. The third-order valence-corrected chi connectivity index (χ3v) is 2.42. The van der Waals surface area contributed by atoms with E-state index in [2.05, 4.69) is 38.4 Å². The maximum atomic E-state index is 4.19. The highest BCUT2D eigenvalue weighted by Crippen LogP contribution is 2.16. The van der Waals surface area contributed by atoms with Gasteiger partial charge in [0.2, 0.25) is 0 Å². The van der Waals surface area contributed by atoms with E-state index in [9.17, 15) is 0 Å². The molecule has 0 aromatic heterocycles. The van der Waals surface area contributed by atoms with Crippen LogP contribution in [-0.2, 0) is 0 Å². The molecular formula is C8H14S2. The van der Waals surface area contributed by atoms with Crippen LogP contribution in [0.2, 0.25) is 0 Å². The normalized spacial score (nSPS) is 15.8. The Labute approximate surface area is 74.2 Å². The third-order valence-electron chi connectivity index (χ3n) is 1.58. The van der Waals surface area contributed by atoms with E-state index in [4.69, 9.17) is 0 Å². The Morgan fingerprint density at radius 3 is 1.40 bits per heavy atom. The van der Waals surface area contributed by atoms with E-state index in [1.165, 1.54) is 0 Å². The number of thiol groups is 2. The topological polar surface area (TPSA) is 0 Å². The Morgan fingerprint density at radius 1 is 1.00 bits per heavy atom. The Balaban J connectivity index is 3.93. The molecule has 0 saturated heterocycles. The van der Waals surface area contributed by atoms with Gasteiger partial charge in [0.25, 0.3) is 0 Å². The highest BCUT2D eigenvalue weighted by atomic mass is 32.1. The van der Waals surface area contributed by atoms with Gasteiger partial charge in [-0.3, -0.25) is 0 Å². The largest absolute Gasteiger partial charge is 0.179 e. The van der Waals surface area contributed by atoms with E-state index in [-0.39, 0.29) is 0 Å². The van der Waals surface area contributed by atoms with Gasteiger partial charge >= 0.3 is 0 Å². The summed E-state index contributed by atoms with van der Waals surface area (Å²) in [4.78, 5) is 0. The second-order valence-corrected chi connectivity index (χ2v) is 2.89. The average Bonchev–Trinajstić information content (AvgIpc) is 2.00. The van der Waals surface area contributed by atoms with Gasteiger partial charge in [0.1, 0.15) is 0 Å². The average molecular weight is 174 g/mol. The summed E-state index contributed by atoms with van der Waals surface area (Å²) in [5.74, 6) is 2.47. The fourth-order valence-electron chi connectivity index (χ4n) is 0.769. The third kappa shape index (κ3) is 2.84. The van der Waals surface area contributed by atoms with Crippen LogP contribution in [-0.4, -0.2) is 11.5 Å². The highest BCUT2D eigenvalue weighted by molar-refractivity contribution is 7.80. The van der Waals surface area contributed by atoms with Crippen LogP contribution in [0.3, 0.4) is 0 Å². The van der Waals surface area contributed by atoms with Crippen molar-refractivity contribution in [3.8, 4) is 0 Å². The summed E-state index contributed by atoms with van der Waals surface area (Å²) in [5.41, 5.74) is 0. The van der Waals surface area contributed by atoms with E-state index in [1.54, 1.807) is 0 Å². The summed E-state index contributed by atoms with van der Waals surface area (Å²) >= 11 is 8.38. The van der Waals surface area contributed by atoms with Gasteiger partial charge in [-0.1, -0.05) is 12.2 Å². The van der Waals surface area contributed by atoms with Gasteiger partial charge in [-0.15, -0.1) is 13.2 Å². The zero-order chi connectivity index (χ0) is 7.98. The molecule has 0 bridgehead atoms. The molecule has 0 rings (SSSR count). The van der Waals surface area contributed by atoms with Crippen molar-refractivity contribution in [1.29, 1.82) is 0 Å². The van der Waals surface area contributed by atoms with Gasteiger partial charge in [-0.05, 0) is 23.3 Å². The lowest BCUT2D eigenvalue weighted by Crippen LogP contribution is -2.12. The highest BCUT2D eigenvalue weighted by Gasteiger charge is 2.11. The van der Waals surface area contributed by atoms with Crippen molar-refractivity contribution in [3.05, 3.63) is 25.3 Å². The SMILES string of the molecule is C=C[C@@H](CS)[C@@H](C=C)CS. The molecule has 0 spiro atoms. The number of allylic oxidation sites excluding steroid dienone is 2. The van der Waals surface area contributed by atoms with Crippen LogP contribution >= 0.6 is 25.3 Å². The smallest absolute Gasteiger partial charge is 0.00290 e. The molecular weight excluding hydrogens is 160 g/mol. The summed E-state index contributed by atoms with van der Waals surface area (Å²) in [6.07, 6.45) is 3.82. The molecule has 0 aliphatic heterocycles. The van der Waals surface area contributed by atoms with Crippen molar-refractivity contribution in [2.24, 2.45) is 11.8 Å². The van der Waals surface area contributed by atoms with E-state index in [0.29, 0.717) is 11.8 Å². The minimum Gasteiger partial charge on any atom is -0.179 e. The molecule has 0 aromatic rings. The predicted molar refractivity (Wildman–Crippen MR) is 55.1 cm³/mol. The van der Waals surface area contributed by atoms with Crippen LogP contribution < -0.4 is 0 Å². The fraction of sp³-hybridized carbons (Fsp3) is 0.500. The molecule has 10 heavy (non-hydrogen) atoms. The van der Waals surface area contributed by atoms with E-state index < -0.39 is 0 Å². The fourth-order valence-corrected chi connectivity index (χ4v) is 1.61. The standard InChI is InChI=1S/C8H14S2/c1-3-7(5-9)8(4-2)6-10/h3-4,7-10H,1-2,5-6H2/t7-,8-/m0/s1. The van der Waals surface area contributed by atoms with Crippen LogP contribution in [0, 0.1) is 11.8 Å². The summed E-state index contributed by atoms with van der Waals surface area (Å²) in [7, 11) is 0. The monoisotopic (exact) mass is 174 g/mol. The second kappa shape index (κ2) is 5.93. The van der Waals surface area contributed by atoms with Crippen LogP contribution in [0.1, 0.15) is 0 Å².